The summed E-state index contributed by atoms with van der Waals surface area (Å²) in [6, 6.07) is 7.25. The molecule has 1 fully saturated rings. The molecule has 1 aromatic carbocycles. The molecule has 0 aliphatic heterocycles. The van der Waals surface area contributed by atoms with Gasteiger partial charge in [-0.05, 0) is 36.8 Å². The topological polar surface area (TPSA) is 58.2 Å². The van der Waals surface area contributed by atoms with Crippen LogP contribution in [0.1, 0.15) is 32.6 Å². The van der Waals surface area contributed by atoms with Gasteiger partial charge in [-0.3, -0.25) is 4.21 Å². The van der Waals surface area contributed by atoms with E-state index in [0.717, 1.165) is 17.1 Å². The van der Waals surface area contributed by atoms with Gasteiger partial charge in [0.1, 0.15) is 0 Å². The van der Waals surface area contributed by atoms with Gasteiger partial charge in [0.25, 0.3) is 0 Å². The summed E-state index contributed by atoms with van der Waals surface area (Å²) in [5, 5.41) is 6.47. The molecule has 6 heteroatoms. The summed E-state index contributed by atoms with van der Waals surface area (Å²) in [5.74, 6) is 1.08. The molecule has 22 heavy (non-hydrogen) atoms. The zero-order valence-electron chi connectivity index (χ0n) is 13.1. The lowest BCUT2D eigenvalue weighted by Gasteiger charge is -2.31. The van der Waals surface area contributed by atoms with E-state index < -0.39 is 10.8 Å². The van der Waals surface area contributed by atoms with Gasteiger partial charge in [0.15, 0.2) is 0 Å². The number of benzene rings is 1. The van der Waals surface area contributed by atoms with Crippen molar-refractivity contribution in [1.82, 2.24) is 5.32 Å². The molecule has 0 radical (unpaired) electrons. The molecule has 2 amide bonds. The first-order valence-corrected chi connectivity index (χ1v) is 10.3. The van der Waals surface area contributed by atoms with Gasteiger partial charge in [0, 0.05) is 38.9 Å². The van der Waals surface area contributed by atoms with Gasteiger partial charge in [-0.1, -0.05) is 25.8 Å². The van der Waals surface area contributed by atoms with Gasteiger partial charge < -0.3 is 10.6 Å². The monoisotopic (exact) mass is 340 g/mol. The van der Waals surface area contributed by atoms with Crippen LogP contribution in [0.4, 0.5) is 10.5 Å². The second-order valence-corrected chi connectivity index (χ2v) is 8.36. The Labute approximate surface area is 139 Å². The number of hydrogen-bond acceptors (Lipinski definition) is 3. The third kappa shape index (κ3) is 5.02. The number of amides is 2. The van der Waals surface area contributed by atoms with Crippen molar-refractivity contribution in [2.24, 2.45) is 0 Å². The van der Waals surface area contributed by atoms with Crippen LogP contribution in [0.25, 0.3) is 0 Å². The third-order valence-electron chi connectivity index (χ3n) is 3.82. The summed E-state index contributed by atoms with van der Waals surface area (Å²) >= 11 is 1.93. The highest BCUT2D eigenvalue weighted by atomic mass is 32.2. The predicted molar refractivity (Wildman–Crippen MR) is 95.1 cm³/mol. The first-order chi connectivity index (χ1) is 10.6. The first kappa shape index (κ1) is 17.3. The Morgan fingerprint density at radius 2 is 2.14 bits per heavy atom. The van der Waals surface area contributed by atoms with Crippen LogP contribution in [0, 0.1) is 0 Å². The highest BCUT2D eigenvalue weighted by molar-refractivity contribution is 7.99. The second kappa shape index (κ2) is 8.58. The second-order valence-electron chi connectivity index (χ2n) is 5.47. The molecule has 0 unspecified atom stereocenters. The van der Waals surface area contributed by atoms with E-state index in [9.17, 15) is 9.00 Å². The van der Waals surface area contributed by atoms with E-state index >= 15 is 0 Å². The van der Waals surface area contributed by atoms with Crippen LogP contribution < -0.4 is 10.6 Å². The van der Waals surface area contributed by atoms with E-state index in [1.165, 1.54) is 19.3 Å². The molecule has 2 rings (SSSR count). The molecule has 0 saturated heterocycles. The Bertz CT molecular complexity index is 535. The van der Waals surface area contributed by atoms with Gasteiger partial charge in [-0.2, -0.15) is 11.8 Å². The van der Waals surface area contributed by atoms with Crippen molar-refractivity contribution in [3.63, 3.8) is 0 Å². The van der Waals surface area contributed by atoms with E-state index in [1.54, 1.807) is 18.4 Å². The minimum Gasteiger partial charge on any atom is -0.334 e. The smallest absolute Gasteiger partial charge is 0.319 e. The summed E-state index contributed by atoms with van der Waals surface area (Å²) in [7, 11) is -1.04. The molecule has 0 heterocycles. The minimum absolute atomic E-state index is 0.173. The SMILES string of the molecule is CCS[C@H]1CCCC[C@H]1NC(=O)Nc1cccc([S@](C)=O)c1. The van der Waals surface area contributed by atoms with Gasteiger partial charge in [-0.15, -0.1) is 0 Å². The Morgan fingerprint density at radius 1 is 1.36 bits per heavy atom. The fourth-order valence-corrected chi connectivity index (χ4v) is 4.52. The van der Waals surface area contributed by atoms with Crippen molar-refractivity contribution in [1.29, 1.82) is 0 Å². The number of hydrogen-bond donors (Lipinski definition) is 2. The van der Waals surface area contributed by atoms with Crippen LogP contribution in [0.5, 0.6) is 0 Å². The molecular formula is C16H24N2O2S2. The fourth-order valence-electron chi connectivity index (χ4n) is 2.76. The van der Waals surface area contributed by atoms with Gasteiger partial charge in [0.2, 0.25) is 0 Å². The maximum Gasteiger partial charge on any atom is 0.319 e. The zero-order chi connectivity index (χ0) is 15.9. The van der Waals surface area contributed by atoms with E-state index in [1.807, 2.05) is 23.9 Å². The predicted octanol–water partition coefficient (Wildman–Crippen LogP) is 3.61. The van der Waals surface area contributed by atoms with E-state index in [-0.39, 0.29) is 12.1 Å². The summed E-state index contributed by atoms with van der Waals surface area (Å²) in [6.45, 7) is 2.16. The number of carbonyl (C=O) groups is 1. The summed E-state index contributed by atoms with van der Waals surface area (Å²) < 4.78 is 11.5. The van der Waals surface area contributed by atoms with Gasteiger partial charge >= 0.3 is 6.03 Å². The first-order valence-electron chi connectivity index (χ1n) is 7.72. The number of urea groups is 1. The van der Waals surface area contributed by atoms with Crippen LogP contribution >= 0.6 is 11.8 Å². The molecule has 0 spiro atoms. The summed E-state index contributed by atoms with van der Waals surface area (Å²) in [6.07, 6.45) is 6.28. The maximum atomic E-state index is 12.2. The largest absolute Gasteiger partial charge is 0.334 e. The molecule has 0 bridgehead atoms. The molecule has 2 N–H and O–H groups in total. The number of carbonyl (C=O) groups excluding carboxylic acids is 1. The molecule has 1 aromatic rings. The van der Waals surface area contributed by atoms with Crippen LogP contribution in [-0.2, 0) is 10.8 Å². The van der Waals surface area contributed by atoms with Crippen LogP contribution in [0.15, 0.2) is 29.2 Å². The number of nitrogens with one attached hydrogen (secondary N) is 2. The van der Waals surface area contributed by atoms with E-state index in [0.29, 0.717) is 10.9 Å². The van der Waals surface area contributed by atoms with E-state index in [4.69, 9.17) is 0 Å². The van der Waals surface area contributed by atoms with Crippen molar-refractivity contribution in [3.8, 4) is 0 Å². The average Bonchev–Trinajstić information content (AvgIpc) is 2.49. The lowest BCUT2D eigenvalue weighted by molar-refractivity contribution is 0.245. The zero-order valence-corrected chi connectivity index (χ0v) is 14.8. The highest BCUT2D eigenvalue weighted by Gasteiger charge is 2.26. The van der Waals surface area contributed by atoms with E-state index in [2.05, 4.69) is 17.6 Å². The molecular weight excluding hydrogens is 316 g/mol. The van der Waals surface area contributed by atoms with Crippen LogP contribution in [0.3, 0.4) is 0 Å². The highest BCUT2D eigenvalue weighted by Crippen LogP contribution is 2.28. The lowest BCUT2D eigenvalue weighted by atomic mass is 9.95. The quantitative estimate of drug-likeness (QED) is 0.861. The minimum atomic E-state index is -1.04. The van der Waals surface area contributed by atoms with Crippen molar-refractivity contribution < 1.29 is 9.00 Å². The van der Waals surface area contributed by atoms with Crippen molar-refractivity contribution in [3.05, 3.63) is 24.3 Å². The Morgan fingerprint density at radius 3 is 2.86 bits per heavy atom. The normalized spacial score (nSPS) is 22.8. The molecule has 3 atom stereocenters. The molecule has 0 aromatic heterocycles. The van der Waals surface area contributed by atoms with Crippen molar-refractivity contribution in [2.75, 3.05) is 17.3 Å². The third-order valence-corrected chi connectivity index (χ3v) is 6.07. The average molecular weight is 341 g/mol. The Hall–Kier alpha value is -1.01. The number of rotatable bonds is 5. The summed E-state index contributed by atoms with van der Waals surface area (Å²) in [5.41, 5.74) is 0.681. The van der Waals surface area contributed by atoms with Crippen LogP contribution in [-0.4, -0.2) is 33.5 Å². The van der Waals surface area contributed by atoms with Crippen molar-refractivity contribution >= 4 is 34.3 Å². The van der Waals surface area contributed by atoms with Crippen LogP contribution in [0.2, 0.25) is 0 Å². The number of anilines is 1. The molecule has 1 aliphatic rings. The molecule has 4 nitrogen and oxygen atoms in total. The molecule has 1 saturated carbocycles. The molecule has 1 aliphatic carbocycles. The fraction of sp³-hybridized carbons (Fsp3) is 0.562. The van der Waals surface area contributed by atoms with Gasteiger partial charge in [-0.25, -0.2) is 4.79 Å². The van der Waals surface area contributed by atoms with Gasteiger partial charge in [0.05, 0.1) is 0 Å². The maximum absolute atomic E-state index is 12.2. The number of thioether (sulfide) groups is 1. The Balaban J connectivity index is 1.94. The summed E-state index contributed by atoms with van der Waals surface area (Å²) in [4.78, 5) is 12.9. The Kier molecular flexibility index (Phi) is 6.76. The lowest BCUT2D eigenvalue weighted by Crippen LogP contribution is -2.45. The standard InChI is InChI=1S/C16H24N2O2S2/c1-3-21-15-10-5-4-9-14(15)18-16(19)17-12-7-6-8-13(11-12)22(2)20/h6-8,11,14-15H,3-5,9-10H2,1-2H3,(H2,17,18,19)/t14-,15+,22+/m1/s1. The van der Waals surface area contributed by atoms with Crippen molar-refractivity contribution in [2.45, 2.75) is 48.8 Å². The molecule has 122 valence electrons.